The van der Waals surface area contributed by atoms with Gasteiger partial charge in [-0.15, -0.1) is 0 Å². The Kier molecular flexibility index (Phi) is 3.13. The van der Waals surface area contributed by atoms with Crippen LogP contribution in [0.3, 0.4) is 0 Å². The van der Waals surface area contributed by atoms with Crippen molar-refractivity contribution in [3.8, 4) is 0 Å². The third-order valence-corrected chi connectivity index (χ3v) is 4.03. The molecule has 1 atom stereocenters. The molecule has 18 heavy (non-hydrogen) atoms. The van der Waals surface area contributed by atoms with E-state index in [4.69, 9.17) is 0 Å². The first kappa shape index (κ1) is 11.8. The van der Waals surface area contributed by atoms with Gasteiger partial charge in [-0.2, -0.15) is 0 Å². The molecular formula is C16H21NO. The molecule has 2 aromatic rings. The van der Waals surface area contributed by atoms with E-state index in [1.54, 1.807) is 0 Å². The molecule has 0 spiro atoms. The number of rotatable bonds is 3. The molecule has 2 nitrogen and oxygen atoms in total. The number of hydrogen-bond acceptors (Lipinski definition) is 1. The monoisotopic (exact) mass is 243 g/mol. The Bertz CT molecular complexity index is 535. The van der Waals surface area contributed by atoms with Crippen molar-refractivity contribution >= 4 is 10.9 Å². The van der Waals surface area contributed by atoms with Gasteiger partial charge in [0.2, 0.25) is 0 Å². The maximum Gasteiger partial charge on any atom is 0.0552 e. The van der Waals surface area contributed by atoms with Gasteiger partial charge in [-0.1, -0.05) is 18.9 Å². The van der Waals surface area contributed by atoms with Crippen molar-refractivity contribution in [1.29, 1.82) is 0 Å². The van der Waals surface area contributed by atoms with Crippen LogP contribution in [0.4, 0.5) is 0 Å². The summed E-state index contributed by atoms with van der Waals surface area (Å²) < 4.78 is 2.44. The van der Waals surface area contributed by atoms with E-state index >= 15 is 0 Å². The Morgan fingerprint density at radius 2 is 2.06 bits per heavy atom. The minimum absolute atomic E-state index is 0.264. The third kappa shape index (κ3) is 2.17. The lowest BCUT2D eigenvalue weighted by Gasteiger charge is -2.13. The van der Waals surface area contributed by atoms with Crippen LogP contribution in [0.5, 0.6) is 0 Å². The normalized spacial score (nSPS) is 18.6. The molecule has 1 aromatic carbocycles. The molecule has 1 aliphatic carbocycles. The van der Waals surface area contributed by atoms with Crippen LogP contribution in [0.1, 0.15) is 44.2 Å². The van der Waals surface area contributed by atoms with Gasteiger partial charge in [0.25, 0.3) is 0 Å². The molecule has 1 N–H and O–H groups in total. The van der Waals surface area contributed by atoms with Crippen LogP contribution >= 0.6 is 0 Å². The lowest BCUT2D eigenvalue weighted by atomic mass is 10.1. The van der Waals surface area contributed by atoms with E-state index in [1.807, 2.05) is 6.92 Å². The Morgan fingerprint density at radius 3 is 2.78 bits per heavy atom. The first-order valence-corrected chi connectivity index (χ1v) is 7.01. The maximum absolute atomic E-state index is 9.45. The van der Waals surface area contributed by atoms with Crippen LogP contribution in [0.25, 0.3) is 10.9 Å². The predicted molar refractivity (Wildman–Crippen MR) is 74.8 cm³/mol. The highest BCUT2D eigenvalue weighted by Crippen LogP contribution is 2.33. The fourth-order valence-electron chi connectivity index (χ4n) is 3.18. The SMILES string of the molecule is CC(O)Cc1ccc2c(ccn2C2CCCC2)c1. The summed E-state index contributed by atoms with van der Waals surface area (Å²) >= 11 is 0. The van der Waals surface area contributed by atoms with Crippen LogP contribution in [0.15, 0.2) is 30.5 Å². The average molecular weight is 243 g/mol. The van der Waals surface area contributed by atoms with Crippen LogP contribution < -0.4 is 0 Å². The molecule has 2 heteroatoms. The summed E-state index contributed by atoms with van der Waals surface area (Å²) in [5, 5.41) is 10.8. The number of aromatic nitrogens is 1. The van der Waals surface area contributed by atoms with Gasteiger partial charge in [-0.25, -0.2) is 0 Å². The van der Waals surface area contributed by atoms with Crippen molar-refractivity contribution in [2.24, 2.45) is 0 Å². The van der Waals surface area contributed by atoms with Gasteiger partial charge in [0, 0.05) is 17.8 Å². The molecule has 1 unspecified atom stereocenters. The molecule has 1 aromatic heterocycles. The smallest absolute Gasteiger partial charge is 0.0552 e. The van der Waals surface area contributed by atoms with Gasteiger partial charge in [-0.05, 0) is 55.3 Å². The van der Waals surface area contributed by atoms with Crippen molar-refractivity contribution in [2.75, 3.05) is 0 Å². The molecule has 3 rings (SSSR count). The highest BCUT2D eigenvalue weighted by atomic mass is 16.3. The average Bonchev–Trinajstić information content (AvgIpc) is 2.94. The van der Waals surface area contributed by atoms with Gasteiger partial charge < -0.3 is 9.67 Å². The lowest BCUT2D eigenvalue weighted by molar-refractivity contribution is 0.195. The van der Waals surface area contributed by atoms with Gasteiger partial charge >= 0.3 is 0 Å². The van der Waals surface area contributed by atoms with Crippen molar-refractivity contribution in [2.45, 2.75) is 51.2 Å². The zero-order valence-electron chi connectivity index (χ0n) is 11.0. The van der Waals surface area contributed by atoms with Gasteiger partial charge in [0.1, 0.15) is 0 Å². The fraction of sp³-hybridized carbons (Fsp3) is 0.500. The standard InChI is InChI=1S/C16H21NO/c1-12(18)10-13-6-7-16-14(11-13)8-9-17(16)15-4-2-3-5-15/h6-9,11-12,15,18H,2-5,10H2,1H3. The molecule has 0 amide bonds. The Morgan fingerprint density at radius 1 is 1.28 bits per heavy atom. The van der Waals surface area contributed by atoms with Crippen molar-refractivity contribution in [1.82, 2.24) is 4.57 Å². The lowest BCUT2D eigenvalue weighted by Crippen LogP contribution is -2.04. The Balaban J connectivity index is 1.94. The predicted octanol–water partition coefficient (Wildman–Crippen LogP) is 3.68. The topological polar surface area (TPSA) is 25.2 Å². The van der Waals surface area contributed by atoms with Gasteiger partial charge in [-0.3, -0.25) is 0 Å². The summed E-state index contributed by atoms with van der Waals surface area (Å²) in [5.41, 5.74) is 2.57. The molecule has 0 aliphatic heterocycles. The zero-order chi connectivity index (χ0) is 12.5. The number of aliphatic hydroxyl groups excluding tert-OH is 1. The number of aliphatic hydroxyl groups is 1. The van der Waals surface area contributed by atoms with Crippen molar-refractivity contribution in [3.63, 3.8) is 0 Å². The molecule has 1 saturated carbocycles. The number of hydrogen-bond donors (Lipinski definition) is 1. The summed E-state index contributed by atoms with van der Waals surface area (Å²) in [6.07, 6.45) is 8.07. The van der Waals surface area contributed by atoms with E-state index in [1.165, 1.54) is 42.1 Å². The van der Waals surface area contributed by atoms with Crippen LogP contribution in [0, 0.1) is 0 Å². The van der Waals surface area contributed by atoms with E-state index in [9.17, 15) is 5.11 Å². The van der Waals surface area contributed by atoms with Crippen LogP contribution in [-0.2, 0) is 6.42 Å². The second-order valence-corrected chi connectivity index (χ2v) is 5.61. The highest BCUT2D eigenvalue weighted by Gasteiger charge is 2.17. The molecular weight excluding hydrogens is 222 g/mol. The van der Waals surface area contributed by atoms with E-state index in [2.05, 4.69) is 35.0 Å². The van der Waals surface area contributed by atoms with Gasteiger partial charge in [0.15, 0.2) is 0 Å². The summed E-state index contributed by atoms with van der Waals surface area (Å²) in [7, 11) is 0. The number of benzene rings is 1. The molecule has 0 radical (unpaired) electrons. The Hall–Kier alpha value is -1.28. The van der Waals surface area contributed by atoms with Crippen LogP contribution in [0.2, 0.25) is 0 Å². The molecule has 1 heterocycles. The van der Waals surface area contributed by atoms with Gasteiger partial charge in [0.05, 0.1) is 6.10 Å². The molecule has 0 saturated heterocycles. The first-order valence-electron chi connectivity index (χ1n) is 7.01. The summed E-state index contributed by atoms with van der Waals surface area (Å²) in [4.78, 5) is 0. The quantitative estimate of drug-likeness (QED) is 0.874. The van der Waals surface area contributed by atoms with Crippen molar-refractivity contribution < 1.29 is 5.11 Å². The van der Waals surface area contributed by atoms with Crippen LogP contribution in [-0.4, -0.2) is 15.8 Å². The second kappa shape index (κ2) is 4.77. The maximum atomic E-state index is 9.45. The second-order valence-electron chi connectivity index (χ2n) is 5.61. The molecule has 0 bridgehead atoms. The summed E-state index contributed by atoms with van der Waals surface area (Å²) in [6, 6.07) is 9.49. The van der Waals surface area contributed by atoms with Crippen molar-refractivity contribution in [3.05, 3.63) is 36.0 Å². The molecule has 96 valence electrons. The first-order chi connectivity index (χ1) is 8.74. The largest absolute Gasteiger partial charge is 0.393 e. The van der Waals surface area contributed by atoms with E-state index < -0.39 is 0 Å². The minimum atomic E-state index is -0.264. The fourth-order valence-corrected chi connectivity index (χ4v) is 3.18. The van der Waals surface area contributed by atoms with E-state index in [0.717, 1.165) is 6.42 Å². The summed E-state index contributed by atoms with van der Waals surface area (Å²) in [6.45, 7) is 1.84. The number of nitrogens with zero attached hydrogens (tertiary/aromatic N) is 1. The molecule has 1 aliphatic rings. The van der Waals surface area contributed by atoms with E-state index in [0.29, 0.717) is 6.04 Å². The zero-order valence-corrected chi connectivity index (χ0v) is 11.0. The minimum Gasteiger partial charge on any atom is -0.393 e. The highest BCUT2D eigenvalue weighted by molar-refractivity contribution is 5.81. The van der Waals surface area contributed by atoms with E-state index in [-0.39, 0.29) is 6.10 Å². The third-order valence-electron chi connectivity index (χ3n) is 4.03. The molecule has 1 fully saturated rings. The number of fused-ring (bicyclic) bond motifs is 1. The Labute approximate surface area is 108 Å². The summed E-state index contributed by atoms with van der Waals surface area (Å²) in [5.74, 6) is 0.